The quantitative estimate of drug-likeness (QED) is 0.480. The van der Waals surface area contributed by atoms with Crippen molar-refractivity contribution in [1.82, 2.24) is 24.6 Å². The van der Waals surface area contributed by atoms with Gasteiger partial charge in [-0.1, -0.05) is 29.3 Å². The molecule has 34 heavy (non-hydrogen) atoms. The number of piperidine rings is 1. The minimum Gasteiger partial charge on any atom is -0.474 e. The first-order chi connectivity index (χ1) is 16.5. The minimum atomic E-state index is -0.452. The van der Waals surface area contributed by atoms with Crippen molar-refractivity contribution in [3.63, 3.8) is 0 Å². The van der Waals surface area contributed by atoms with Crippen molar-refractivity contribution in [3.05, 3.63) is 52.4 Å². The van der Waals surface area contributed by atoms with E-state index in [1.54, 1.807) is 24.4 Å². The number of likely N-dealkylation sites (tertiary alicyclic amines) is 1. The van der Waals surface area contributed by atoms with Crippen LogP contribution in [0.1, 0.15) is 42.1 Å². The number of nitrogens with zero attached hydrogens (tertiary/aromatic N) is 5. The molecule has 1 amide bonds. The van der Waals surface area contributed by atoms with Crippen LogP contribution in [0.4, 0.5) is 17.3 Å². The van der Waals surface area contributed by atoms with Gasteiger partial charge in [0.05, 0.1) is 33.7 Å². The molecule has 1 aliphatic carbocycles. The van der Waals surface area contributed by atoms with E-state index in [0.29, 0.717) is 27.7 Å². The van der Waals surface area contributed by atoms with Gasteiger partial charge in [0.15, 0.2) is 0 Å². The molecular weight excluding hydrogens is 477 g/mol. The van der Waals surface area contributed by atoms with Gasteiger partial charge in [-0.2, -0.15) is 10.1 Å². The molecule has 0 spiro atoms. The largest absolute Gasteiger partial charge is 0.474 e. The first-order valence-corrected chi connectivity index (χ1v) is 12.0. The fraction of sp³-hybridized carbons (Fsp3) is 0.391. The molecule has 178 valence electrons. The fourth-order valence-electron chi connectivity index (χ4n) is 3.90. The summed E-state index contributed by atoms with van der Waals surface area (Å²) in [6, 6.07) is 5.35. The number of nitrogens with one attached hydrogen (secondary N) is 2. The third kappa shape index (κ3) is 5.27. The maximum Gasteiger partial charge on any atom is 0.262 e. The second-order valence-corrected chi connectivity index (χ2v) is 9.49. The summed E-state index contributed by atoms with van der Waals surface area (Å²) in [5.74, 6) is 0.0803. The number of para-hydroxylation sites is 1. The molecule has 3 aromatic rings. The van der Waals surface area contributed by atoms with Gasteiger partial charge in [-0.25, -0.2) is 4.98 Å². The zero-order valence-electron chi connectivity index (χ0n) is 18.7. The highest BCUT2D eigenvalue weighted by atomic mass is 35.5. The van der Waals surface area contributed by atoms with Crippen molar-refractivity contribution in [2.45, 2.75) is 37.8 Å². The van der Waals surface area contributed by atoms with Crippen LogP contribution in [0.2, 0.25) is 10.0 Å². The van der Waals surface area contributed by atoms with Gasteiger partial charge >= 0.3 is 0 Å². The monoisotopic (exact) mass is 501 g/mol. The Kier molecular flexibility index (Phi) is 6.58. The fourth-order valence-corrected chi connectivity index (χ4v) is 4.39. The molecule has 3 heterocycles. The first kappa shape index (κ1) is 22.9. The molecule has 0 unspecified atom stereocenters. The number of aromatic nitrogens is 4. The second-order valence-electron chi connectivity index (χ2n) is 8.67. The van der Waals surface area contributed by atoms with E-state index >= 15 is 0 Å². The lowest BCUT2D eigenvalue weighted by molar-refractivity contribution is 0.102. The molecule has 0 bridgehead atoms. The van der Waals surface area contributed by atoms with Gasteiger partial charge in [0.1, 0.15) is 11.7 Å². The van der Waals surface area contributed by atoms with E-state index in [1.807, 2.05) is 10.9 Å². The molecule has 2 fully saturated rings. The highest BCUT2D eigenvalue weighted by Crippen LogP contribution is 2.32. The van der Waals surface area contributed by atoms with Gasteiger partial charge in [-0.3, -0.25) is 9.48 Å². The van der Waals surface area contributed by atoms with E-state index in [1.165, 1.54) is 6.20 Å². The first-order valence-electron chi connectivity index (χ1n) is 11.2. The minimum absolute atomic E-state index is 0.0456. The Morgan fingerprint density at radius 2 is 1.97 bits per heavy atom. The topological polar surface area (TPSA) is 97.2 Å². The summed E-state index contributed by atoms with van der Waals surface area (Å²) in [4.78, 5) is 24.1. The molecule has 2 N–H and O–H groups in total. The lowest BCUT2D eigenvalue weighted by Gasteiger charge is -2.29. The molecule has 11 heteroatoms. The van der Waals surface area contributed by atoms with Crippen molar-refractivity contribution in [1.29, 1.82) is 0 Å². The summed E-state index contributed by atoms with van der Waals surface area (Å²) < 4.78 is 7.90. The number of likely N-dealkylation sites (N-methyl/N-ethyl adjacent to an activating group) is 1. The normalized spacial score (nSPS) is 18.5. The molecule has 5 rings (SSSR count). The van der Waals surface area contributed by atoms with E-state index in [9.17, 15) is 4.79 Å². The van der Waals surface area contributed by atoms with E-state index in [0.717, 1.165) is 44.5 Å². The van der Waals surface area contributed by atoms with Gasteiger partial charge < -0.3 is 20.3 Å². The number of anilines is 3. The Morgan fingerprint density at radius 3 is 2.71 bits per heavy atom. The standard InChI is InChI=1S/C23H25Cl2N7O2/c1-31-9-3-4-15(13-31)32-12-14(10-27-32)28-23-26-11-17(22(30-23)34-16-7-8-16)21(33)29-20-18(24)5-2-6-19(20)25/h2,5-6,10-12,15-16H,3-4,7-9,13H2,1H3,(H,29,33)(H,26,28,30)/t15-/m1/s1. The Hall–Kier alpha value is -2.88. The van der Waals surface area contributed by atoms with Gasteiger partial charge in [-0.15, -0.1) is 0 Å². The SMILES string of the molecule is CN1CCC[C@@H](n2cc(Nc3ncc(C(=O)Nc4c(Cl)cccc4Cl)c(OC4CC4)n3)cn2)C1. The number of ether oxygens (including phenoxy) is 1. The third-order valence-corrected chi connectivity index (χ3v) is 6.46. The van der Waals surface area contributed by atoms with Crippen LogP contribution >= 0.6 is 23.2 Å². The lowest BCUT2D eigenvalue weighted by Crippen LogP contribution is -2.33. The predicted molar refractivity (Wildman–Crippen MR) is 131 cm³/mol. The van der Waals surface area contributed by atoms with Crippen molar-refractivity contribution in [2.75, 3.05) is 30.8 Å². The number of benzene rings is 1. The Balaban J connectivity index is 1.34. The van der Waals surface area contributed by atoms with Gasteiger partial charge in [0, 0.05) is 18.9 Å². The number of halogens is 2. The second kappa shape index (κ2) is 9.77. The Labute approximate surface area is 207 Å². The number of hydrogen-bond acceptors (Lipinski definition) is 7. The molecule has 1 saturated heterocycles. The maximum atomic E-state index is 13.0. The molecule has 1 aliphatic heterocycles. The number of carbonyl (C=O) groups is 1. The molecule has 1 atom stereocenters. The van der Waals surface area contributed by atoms with E-state index in [-0.39, 0.29) is 17.5 Å². The number of amides is 1. The van der Waals surface area contributed by atoms with Crippen LogP contribution in [-0.4, -0.2) is 56.8 Å². The van der Waals surface area contributed by atoms with Crippen LogP contribution in [0.3, 0.4) is 0 Å². The number of hydrogen-bond donors (Lipinski definition) is 2. The summed E-state index contributed by atoms with van der Waals surface area (Å²) in [6.07, 6.45) is 9.28. The van der Waals surface area contributed by atoms with Crippen LogP contribution in [0, 0.1) is 0 Å². The molecule has 0 radical (unpaired) electrons. The smallest absolute Gasteiger partial charge is 0.262 e. The zero-order valence-corrected chi connectivity index (χ0v) is 20.2. The van der Waals surface area contributed by atoms with Gasteiger partial charge in [0.2, 0.25) is 11.8 Å². The Morgan fingerprint density at radius 1 is 1.18 bits per heavy atom. The molecular formula is C23H25Cl2N7O2. The molecule has 2 aromatic heterocycles. The summed E-state index contributed by atoms with van der Waals surface area (Å²) in [5, 5.41) is 11.1. The lowest BCUT2D eigenvalue weighted by atomic mass is 10.1. The average molecular weight is 502 g/mol. The number of rotatable bonds is 7. The summed E-state index contributed by atoms with van der Waals surface area (Å²) >= 11 is 12.4. The highest BCUT2D eigenvalue weighted by molar-refractivity contribution is 6.40. The van der Waals surface area contributed by atoms with Crippen LogP contribution in [0.25, 0.3) is 0 Å². The van der Waals surface area contributed by atoms with Crippen molar-refractivity contribution >= 4 is 46.4 Å². The Bertz CT molecular complexity index is 1180. The van der Waals surface area contributed by atoms with E-state index in [4.69, 9.17) is 27.9 Å². The molecule has 2 aliphatic rings. The van der Waals surface area contributed by atoms with Gasteiger partial charge in [0.25, 0.3) is 5.91 Å². The van der Waals surface area contributed by atoms with Crippen molar-refractivity contribution in [2.24, 2.45) is 0 Å². The average Bonchev–Trinajstić information content (AvgIpc) is 3.51. The van der Waals surface area contributed by atoms with E-state index in [2.05, 4.69) is 37.6 Å². The summed E-state index contributed by atoms with van der Waals surface area (Å²) in [5.41, 5.74) is 1.30. The maximum absolute atomic E-state index is 13.0. The molecule has 9 nitrogen and oxygen atoms in total. The van der Waals surface area contributed by atoms with Crippen LogP contribution in [-0.2, 0) is 0 Å². The van der Waals surface area contributed by atoms with Crippen molar-refractivity contribution in [3.8, 4) is 5.88 Å². The zero-order chi connectivity index (χ0) is 23.7. The molecule has 1 saturated carbocycles. The van der Waals surface area contributed by atoms with Gasteiger partial charge in [-0.05, 0) is 51.4 Å². The molecule has 1 aromatic carbocycles. The third-order valence-electron chi connectivity index (χ3n) is 5.83. The van der Waals surface area contributed by atoms with Crippen LogP contribution in [0.15, 0.2) is 36.8 Å². The highest BCUT2D eigenvalue weighted by Gasteiger charge is 2.28. The number of carbonyl (C=O) groups excluding carboxylic acids is 1. The van der Waals surface area contributed by atoms with Crippen molar-refractivity contribution < 1.29 is 9.53 Å². The summed E-state index contributed by atoms with van der Waals surface area (Å²) in [7, 11) is 2.13. The van der Waals surface area contributed by atoms with E-state index < -0.39 is 5.91 Å². The summed E-state index contributed by atoms with van der Waals surface area (Å²) in [6.45, 7) is 2.08. The van der Waals surface area contributed by atoms with Crippen LogP contribution in [0.5, 0.6) is 5.88 Å². The van der Waals surface area contributed by atoms with Crippen LogP contribution < -0.4 is 15.4 Å². The predicted octanol–water partition coefficient (Wildman–Crippen LogP) is 4.78.